The molecule has 0 unspecified atom stereocenters. The number of fused-ring (bicyclic) bond motifs is 1. The maximum atomic E-state index is 13.9. The molecule has 30 heavy (non-hydrogen) atoms. The Morgan fingerprint density at radius 3 is 2.87 bits per heavy atom. The second-order valence-corrected chi connectivity index (χ2v) is 7.71. The van der Waals surface area contributed by atoms with E-state index in [2.05, 4.69) is 17.0 Å². The molecule has 1 fully saturated rings. The number of amides is 1. The number of allylic oxidation sites excluding steroid dienone is 1. The minimum absolute atomic E-state index is 0.0670. The molecule has 0 spiro atoms. The monoisotopic (exact) mass is 416 g/mol. The third-order valence-electron chi connectivity index (χ3n) is 5.75. The van der Waals surface area contributed by atoms with E-state index in [1.807, 2.05) is 4.68 Å². The molecular formula is C22H26F2N4O2. The SMILES string of the molecule is C=CCn1nc(C(=O)N2CCOCC2)c2c1CC[C@@H](NCc1ccc(F)cc1F)C2. The largest absolute Gasteiger partial charge is 0.378 e. The Morgan fingerprint density at radius 2 is 2.13 bits per heavy atom. The lowest BCUT2D eigenvalue weighted by Gasteiger charge is -2.28. The minimum Gasteiger partial charge on any atom is -0.378 e. The highest BCUT2D eigenvalue weighted by atomic mass is 19.1. The quantitative estimate of drug-likeness (QED) is 0.735. The van der Waals surface area contributed by atoms with Crippen LogP contribution in [0.4, 0.5) is 8.78 Å². The number of halogens is 2. The van der Waals surface area contributed by atoms with Gasteiger partial charge in [-0.15, -0.1) is 6.58 Å². The number of hydrogen-bond acceptors (Lipinski definition) is 4. The lowest BCUT2D eigenvalue weighted by atomic mass is 9.90. The summed E-state index contributed by atoms with van der Waals surface area (Å²) in [7, 11) is 0. The fraction of sp³-hybridized carbons (Fsp3) is 0.455. The van der Waals surface area contributed by atoms with Gasteiger partial charge in [-0.3, -0.25) is 9.48 Å². The van der Waals surface area contributed by atoms with Crippen LogP contribution in [0.2, 0.25) is 0 Å². The van der Waals surface area contributed by atoms with Gasteiger partial charge in [0.15, 0.2) is 5.69 Å². The van der Waals surface area contributed by atoms with Crippen molar-refractivity contribution < 1.29 is 18.3 Å². The zero-order valence-corrected chi connectivity index (χ0v) is 16.9. The Hall–Kier alpha value is -2.58. The Kier molecular flexibility index (Phi) is 6.24. The number of aromatic nitrogens is 2. The number of carbonyl (C=O) groups excluding carboxylic acids is 1. The van der Waals surface area contributed by atoms with E-state index >= 15 is 0 Å². The highest BCUT2D eigenvalue weighted by Crippen LogP contribution is 2.26. The van der Waals surface area contributed by atoms with E-state index in [-0.39, 0.29) is 11.9 Å². The van der Waals surface area contributed by atoms with Crippen molar-refractivity contribution in [2.75, 3.05) is 26.3 Å². The van der Waals surface area contributed by atoms with Crippen molar-refractivity contribution in [2.24, 2.45) is 0 Å². The molecule has 2 heterocycles. The molecule has 0 saturated carbocycles. The summed E-state index contributed by atoms with van der Waals surface area (Å²) in [6.07, 6.45) is 4.04. The number of hydrogen-bond donors (Lipinski definition) is 1. The lowest BCUT2D eigenvalue weighted by Crippen LogP contribution is -2.41. The van der Waals surface area contributed by atoms with Crippen LogP contribution in [0.1, 0.15) is 33.7 Å². The van der Waals surface area contributed by atoms with Crippen LogP contribution in [0.15, 0.2) is 30.9 Å². The molecule has 1 aromatic heterocycles. The van der Waals surface area contributed by atoms with Crippen molar-refractivity contribution >= 4 is 5.91 Å². The number of carbonyl (C=O) groups is 1. The molecule has 0 bridgehead atoms. The third kappa shape index (κ3) is 4.29. The average molecular weight is 416 g/mol. The van der Waals surface area contributed by atoms with Crippen LogP contribution in [0, 0.1) is 11.6 Å². The van der Waals surface area contributed by atoms with Gasteiger partial charge in [-0.25, -0.2) is 8.78 Å². The number of morpholine rings is 1. The van der Waals surface area contributed by atoms with Crippen molar-refractivity contribution in [1.29, 1.82) is 0 Å². The molecule has 1 aliphatic heterocycles. The maximum absolute atomic E-state index is 13.9. The average Bonchev–Trinajstić information content (AvgIpc) is 3.11. The van der Waals surface area contributed by atoms with Crippen LogP contribution in [-0.2, 0) is 30.7 Å². The molecule has 2 aliphatic rings. The second-order valence-electron chi connectivity index (χ2n) is 7.71. The molecule has 160 valence electrons. The Balaban J connectivity index is 1.52. The third-order valence-corrected chi connectivity index (χ3v) is 5.75. The molecule has 1 amide bonds. The Labute approximate surface area is 174 Å². The van der Waals surface area contributed by atoms with Gasteiger partial charge >= 0.3 is 0 Å². The van der Waals surface area contributed by atoms with Crippen molar-refractivity contribution in [1.82, 2.24) is 20.0 Å². The van der Waals surface area contributed by atoms with Crippen LogP contribution in [0.5, 0.6) is 0 Å². The maximum Gasteiger partial charge on any atom is 0.274 e. The second kappa shape index (κ2) is 9.06. The van der Waals surface area contributed by atoms with Gasteiger partial charge in [0.2, 0.25) is 0 Å². The van der Waals surface area contributed by atoms with E-state index in [1.165, 1.54) is 12.1 Å². The number of ether oxygens (including phenoxy) is 1. The van der Waals surface area contributed by atoms with Crippen LogP contribution in [0.25, 0.3) is 0 Å². The number of rotatable bonds is 6. The molecule has 1 atom stereocenters. The first-order chi connectivity index (χ1) is 14.6. The summed E-state index contributed by atoms with van der Waals surface area (Å²) < 4.78 is 34.3. The zero-order valence-electron chi connectivity index (χ0n) is 16.9. The van der Waals surface area contributed by atoms with E-state index in [1.54, 1.807) is 11.0 Å². The van der Waals surface area contributed by atoms with E-state index < -0.39 is 11.6 Å². The highest BCUT2D eigenvalue weighted by molar-refractivity contribution is 5.94. The van der Waals surface area contributed by atoms with Gasteiger partial charge in [-0.2, -0.15) is 5.10 Å². The summed E-state index contributed by atoms with van der Waals surface area (Å²) in [5.74, 6) is -1.21. The molecule has 1 saturated heterocycles. The first kappa shape index (κ1) is 20.7. The summed E-state index contributed by atoms with van der Waals surface area (Å²) >= 11 is 0. The smallest absolute Gasteiger partial charge is 0.274 e. The summed E-state index contributed by atoms with van der Waals surface area (Å²) in [5.41, 5.74) is 2.94. The van der Waals surface area contributed by atoms with Crippen molar-refractivity contribution in [3.05, 3.63) is 65.0 Å². The summed E-state index contributed by atoms with van der Waals surface area (Å²) in [6.45, 7) is 6.85. The Bertz CT molecular complexity index is 937. The van der Waals surface area contributed by atoms with Gasteiger partial charge in [0.05, 0.1) is 19.8 Å². The normalized spacial score (nSPS) is 18.9. The molecule has 6 nitrogen and oxygen atoms in total. The van der Waals surface area contributed by atoms with E-state index in [4.69, 9.17) is 4.74 Å². The van der Waals surface area contributed by atoms with Crippen LogP contribution in [0.3, 0.4) is 0 Å². The van der Waals surface area contributed by atoms with Gasteiger partial charge < -0.3 is 15.0 Å². The van der Waals surface area contributed by atoms with Gasteiger partial charge in [0.1, 0.15) is 11.6 Å². The van der Waals surface area contributed by atoms with Crippen LogP contribution < -0.4 is 5.32 Å². The lowest BCUT2D eigenvalue weighted by molar-refractivity contribution is 0.0297. The van der Waals surface area contributed by atoms with Crippen molar-refractivity contribution in [2.45, 2.75) is 38.4 Å². The van der Waals surface area contributed by atoms with Gasteiger partial charge in [-0.1, -0.05) is 12.1 Å². The van der Waals surface area contributed by atoms with Crippen LogP contribution in [-0.4, -0.2) is 52.9 Å². The number of nitrogens with one attached hydrogen (secondary N) is 1. The number of benzene rings is 1. The van der Waals surface area contributed by atoms with E-state index in [9.17, 15) is 13.6 Å². The minimum atomic E-state index is -0.584. The predicted molar refractivity (Wildman–Crippen MR) is 108 cm³/mol. The standard InChI is InChI=1S/C22H26F2N4O2/c1-2-7-28-20-6-5-17(25-14-15-3-4-16(23)12-19(15)24)13-18(20)21(26-28)22(29)27-8-10-30-11-9-27/h2-4,12,17,25H,1,5-11,13-14H2/t17-/m1/s1. The molecule has 2 aromatic rings. The first-order valence-corrected chi connectivity index (χ1v) is 10.3. The molecule has 0 radical (unpaired) electrons. The highest BCUT2D eigenvalue weighted by Gasteiger charge is 2.31. The first-order valence-electron chi connectivity index (χ1n) is 10.3. The molecule has 4 rings (SSSR count). The van der Waals surface area contributed by atoms with E-state index in [0.29, 0.717) is 57.1 Å². The molecule has 8 heteroatoms. The zero-order chi connectivity index (χ0) is 21.1. The molecule has 1 N–H and O–H groups in total. The molecule has 1 aliphatic carbocycles. The fourth-order valence-electron chi connectivity index (χ4n) is 4.14. The number of nitrogens with zero attached hydrogens (tertiary/aromatic N) is 3. The molecule has 1 aromatic carbocycles. The predicted octanol–water partition coefficient (Wildman–Crippen LogP) is 2.47. The van der Waals surface area contributed by atoms with Gasteiger partial charge in [-0.05, 0) is 25.3 Å². The van der Waals surface area contributed by atoms with Gasteiger partial charge in [0.25, 0.3) is 5.91 Å². The van der Waals surface area contributed by atoms with Crippen molar-refractivity contribution in [3.8, 4) is 0 Å². The Morgan fingerprint density at radius 1 is 1.33 bits per heavy atom. The van der Waals surface area contributed by atoms with E-state index in [0.717, 1.165) is 30.2 Å². The van der Waals surface area contributed by atoms with Gasteiger partial charge in [0, 0.05) is 48.6 Å². The fourth-order valence-corrected chi connectivity index (χ4v) is 4.14. The topological polar surface area (TPSA) is 59.4 Å². The van der Waals surface area contributed by atoms with Crippen LogP contribution >= 0.6 is 0 Å². The summed E-state index contributed by atoms with van der Waals surface area (Å²) in [5, 5.41) is 7.98. The summed E-state index contributed by atoms with van der Waals surface area (Å²) in [6, 6.07) is 3.70. The molecular weight excluding hydrogens is 390 g/mol. The summed E-state index contributed by atoms with van der Waals surface area (Å²) in [4.78, 5) is 14.9. The van der Waals surface area contributed by atoms with Crippen molar-refractivity contribution in [3.63, 3.8) is 0 Å².